The van der Waals surface area contributed by atoms with E-state index >= 15 is 4.39 Å². The molecule has 53 heavy (non-hydrogen) atoms. The van der Waals surface area contributed by atoms with Crippen LogP contribution < -0.4 is 9.47 Å². The molecular formula is C42H42FN3O7. The fraction of sp³-hybridized carbons (Fsp3) is 0.357. The van der Waals surface area contributed by atoms with E-state index in [9.17, 15) is 19.8 Å². The molecule has 0 unspecified atom stereocenters. The molecular weight excluding hydrogens is 677 g/mol. The van der Waals surface area contributed by atoms with Crippen molar-refractivity contribution in [1.29, 1.82) is 0 Å². The highest BCUT2D eigenvalue weighted by Gasteiger charge is 2.65. The number of fused-ring (bicyclic) bond motifs is 4. The van der Waals surface area contributed by atoms with Crippen molar-refractivity contribution in [3.05, 3.63) is 123 Å². The number of carbonyl (C=O) groups is 2. The minimum Gasteiger partial charge on any atom is -0.507 e. The Bertz CT molecular complexity index is 2110. The van der Waals surface area contributed by atoms with E-state index in [4.69, 9.17) is 14.0 Å². The zero-order valence-corrected chi connectivity index (χ0v) is 29.8. The van der Waals surface area contributed by atoms with Crippen molar-refractivity contribution in [2.24, 2.45) is 11.8 Å². The zero-order valence-electron chi connectivity index (χ0n) is 29.8. The lowest BCUT2D eigenvalue weighted by molar-refractivity contribution is -0.142. The summed E-state index contributed by atoms with van der Waals surface area (Å²) in [5.74, 6) is -4.24. The average molecular weight is 720 g/mol. The summed E-state index contributed by atoms with van der Waals surface area (Å²) in [6.07, 6.45) is 6.15. The predicted molar refractivity (Wildman–Crippen MR) is 195 cm³/mol. The minimum absolute atomic E-state index is 0.0569. The summed E-state index contributed by atoms with van der Waals surface area (Å²) >= 11 is 0. The maximum Gasteiger partial charge on any atom is 0.265 e. The summed E-state index contributed by atoms with van der Waals surface area (Å²) in [5, 5.41) is 28.7. The molecule has 2 heterocycles. The highest BCUT2D eigenvalue weighted by Crippen LogP contribution is 2.56. The number of aliphatic hydroxyl groups is 2. The number of benzene rings is 3. The first-order valence-electron chi connectivity index (χ1n) is 18.2. The van der Waals surface area contributed by atoms with Gasteiger partial charge in [0.05, 0.1) is 11.6 Å². The van der Waals surface area contributed by atoms with Crippen molar-refractivity contribution >= 4 is 23.4 Å². The number of ether oxygens (including phenoxy) is 2. The maximum absolute atomic E-state index is 16.2. The van der Waals surface area contributed by atoms with Crippen LogP contribution in [-0.4, -0.2) is 76.1 Å². The van der Waals surface area contributed by atoms with Crippen molar-refractivity contribution in [2.75, 3.05) is 33.7 Å². The van der Waals surface area contributed by atoms with Crippen LogP contribution in [0.3, 0.4) is 0 Å². The normalized spacial score (nSPS) is 24.0. The number of Topliss-reactive ketones (excluding diaryl/α,β-unsaturated/α-hetero) is 2. The number of carbonyl (C=O) groups excluding carboxylic acids is 2. The van der Waals surface area contributed by atoms with E-state index in [0.717, 1.165) is 37.1 Å². The molecule has 1 saturated heterocycles. The Hall–Kier alpha value is -5.10. The molecule has 4 atom stereocenters. The molecule has 1 saturated carbocycles. The number of likely N-dealkylation sites (tertiary alicyclic amines) is 1. The first-order valence-corrected chi connectivity index (χ1v) is 18.2. The molecule has 10 nitrogen and oxygen atoms in total. The van der Waals surface area contributed by atoms with Gasteiger partial charge in [0, 0.05) is 29.2 Å². The van der Waals surface area contributed by atoms with Gasteiger partial charge in [-0.05, 0) is 81.1 Å². The predicted octanol–water partition coefficient (Wildman–Crippen LogP) is 6.34. The summed E-state index contributed by atoms with van der Waals surface area (Å²) < 4.78 is 34.3. The van der Waals surface area contributed by atoms with Crippen molar-refractivity contribution in [3.8, 4) is 11.6 Å². The molecule has 1 aliphatic heterocycles. The summed E-state index contributed by atoms with van der Waals surface area (Å²) in [6.45, 7) is 2.86. The van der Waals surface area contributed by atoms with E-state index in [1.54, 1.807) is 25.1 Å². The van der Waals surface area contributed by atoms with E-state index < -0.39 is 46.6 Å². The van der Waals surface area contributed by atoms with Gasteiger partial charge in [0.15, 0.2) is 11.4 Å². The third-order valence-corrected chi connectivity index (χ3v) is 11.1. The molecule has 0 amide bonds. The SMILES string of the molecule is CN(C)[C@@H]1c2onc(OCc3ccccc3)c2C(=O)[C@@]2(O)C(=O)C3=C(O)c4c(c(F)cc(/C=C/CN5CCCC5)c4OCc4ccccc4)C[C@H]3C[C@@H]12. The van der Waals surface area contributed by atoms with Crippen LogP contribution in [0, 0.1) is 17.7 Å². The number of aromatic nitrogens is 1. The molecule has 0 spiro atoms. The summed E-state index contributed by atoms with van der Waals surface area (Å²) in [5.41, 5.74) is -0.418. The molecule has 0 radical (unpaired) electrons. The molecule has 4 aliphatic rings. The van der Waals surface area contributed by atoms with Gasteiger partial charge in [-0.25, -0.2) is 4.39 Å². The lowest BCUT2D eigenvalue weighted by Crippen LogP contribution is -2.63. The molecule has 11 heteroatoms. The summed E-state index contributed by atoms with van der Waals surface area (Å²) in [6, 6.07) is 19.4. The molecule has 8 rings (SSSR count). The van der Waals surface area contributed by atoms with E-state index in [1.807, 2.05) is 66.7 Å². The van der Waals surface area contributed by atoms with E-state index in [2.05, 4.69) is 10.1 Å². The number of hydrogen-bond acceptors (Lipinski definition) is 10. The molecule has 274 valence electrons. The second-order valence-electron chi connectivity index (χ2n) is 14.7. The topological polar surface area (TPSA) is 126 Å². The second-order valence-corrected chi connectivity index (χ2v) is 14.7. The van der Waals surface area contributed by atoms with Gasteiger partial charge in [0.1, 0.15) is 36.1 Å². The quantitative estimate of drug-likeness (QED) is 0.179. The molecule has 2 fully saturated rings. The van der Waals surface area contributed by atoms with E-state index in [0.29, 0.717) is 12.1 Å². The van der Waals surface area contributed by atoms with Gasteiger partial charge in [-0.15, -0.1) is 0 Å². The Labute approximate surface area is 307 Å². The number of halogens is 1. The standard InChI is InChI=1S/C42H42FN3O7/c1-45(2)35-30-21-28-20-29-31(43)22-27(16-11-19-46-17-9-10-18-46)37(51-23-25-12-5-3-6-13-25)33(29)36(47)32(28)39(48)42(30,50)40(49)34-38(35)53-44-41(34)52-24-26-14-7-4-8-15-26/h3-8,11-16,22,28,30,35,47,50H,9-10,17-21,23-24H2,1-2H3/b16-11+/t28-,30-,35-,42-/m0/s1. The smallest absolute Gasteiger partial charge is 0.265 e. The second kappa shape index (κ2) is 14.0. The van der Waals surface area contributed by atoms with Gasteiger partial charge in [0.2, 0.25) is 11.6 Å². The van der Waals surface area contributed by atoms with Crippen molar-refractivity contribution < 1.29 is 38.2 Å². The molecule has 3 aliphatic carbocycles. The van der Waals surface area contributed by atoms with Crippen LogP contribution in [0.15, 0.2) is 82.9 Å². The number of nitrogens with zero attached hydrogens (tertiary/aromatic N) is 3. The number of aliphatic hydroxyl groups excluding tert-OH is 1. The Kier molecular flexibility index (Phi) is 9.26. The van der Waals surface area contributed by atoms with Crippen LogP contribution in [0.5, 0.6) is 11.6 Å². The third-order valence-electron chi connectivity index (χ3n) is 11.1. The van der Waals surface area contributed by atoms with Crippen LogP contribution >= 0.6 is 0 Å². The largest absolute Gasteiger partial charge is 0.507 e. The highest BCUT2D eigenvalue weighted by molar-refractivity contribution is 6.26. The van der Waals surface area contributed by atoms with Crippen LogP contribution in [-0.2, 0) is 24.4 Å². The Morgan fingerprint density at radius 2 is 1.64 bits per heavy atom. The van der Waals surface area contributed by atoms with Crippen LogP contribution in [0.1, 0.15) is 69.2 Å². The number of rotatable bonds is 10. The van der Waals surface area contributed by atoms with E-state index in [1.165, 1.54) is 6.07 Å². The van der Waals surface area contributed by atoms with Gasteiger partial charge in [-0.2, -0.15) is 0 Å². The van der Waals surface area contributed by atoms with Crippen molar-refractivity contribution in [3.63, 3.8) is 0 Å². The van der Waals surface area contributed by atoms with Gasteiger partial charge in [-0.3, -0.25) is 19.4 Å². The Morgan fingerprint density at radius 3 is 2.30 bits per heavy atom. The first-order chi connectivity index (χ1) is 25.7. The lowest BCUT2D eigenvalue weighted by Gasteiger charge is -2.49. The number of hydrogen-bond donors (Lipinski definition) is 2. The molecule has 4 aromatic rings. The molecule has 2 N–H and O–H groups in total. The first kappa shape index (κ1) is 35.0. The van der Waals surface area contributed by atoms with Gasteiger partial charge >= 0.3 is 0 Å². The van der Waals surface area contributed by atoms with Crippen LogP contribution in [0.4, 0.5) is 4.39 Å². The fourth-order valence-electron chi connectivity index (χ4n) is 8.58. The van der Waals surface area contributed by atoms with Crippen molar-refractivity contribution in [1.82, 2.24) is 15.0 Å². The van der Waals surface area contributed by atoms with Gasteiger partial charge in [-0.1, -0.05) is 72.8 Å². The van der Waals surface area contributed by atoms with Gasteiger partial charge < -0.3 is 24.2 Å². The molecule has 1 aromatic heterocycles. The summed E-state index contributed by atoms with van der Waals surface area (Å²) in [7, 11) is 3.52. The average Bonchev–Trinajstić information content (AvgIpc) is 3.83. The molecule has 0 bridgehead atoms. The van der Waals surface area contributed by atoms with Crippen LogP contribution in [0.25, 0.3) is 11.8 Å². The maximum atomic E-state index is 16.2. The zero-order chi connectivity index (χ0) is 36.9. The molecule has 3 aromatic carbocycles. The van der Waals surface area contributed by atoms with E-state index in [-0.39, 0.29) is 65.7 Å². The Morgan fingerprint density at radius 1 is 0.981 bits per heavy atom. The number of ketones is 2. The highest BCUT2D eigenvalue weighted by atomic mass is 19.1. The lowest BCUT2D eigenvalue weighted by atomic mass is 9.57. The fourth-order valence-corrected chi connectivity index (χ4v) is 8.58. The monoisotopic (exact) mass is 719 g/mol. The van der Waals surface area contributed by atoms with Gasteiger partial charge in [0.25, 0.3) is 5.88 Å². The Balaban J connectivity index is 1.20. The van der Waals surface area contributed by atoms with Crippen molar-refractivity contribution in [2.45, 2.75) is 50.5 Å². The summed E-state index contributed by atoms with van der Waals surface area (Å²) in [4.78, 5) is 33.3. The minimum atomic E-state index is -2.58. The third kappa shape index (κ3) is 6.06. The van der Waals surface area contributed by atoms with Crippen LogP contribution in [0.2, 0.25) is 0 Å².